The number of carbonyl (C=O) groups is 1. The third-order valence-electron chi connectivity index (χ3n) is 8.50. The van der Waals surface area contributed by atoms with Gasteiger partial charge in [0, 0.05) is 19.9 Å². The molecule has 4 aromatic carbocycles. The summed E-state index contributed by atoms with van der Waals surface area (Å²) in [7, 11) is -2.76. The number of carbonyl (C=O) groups excluding carboxylic acids is 1. The molecule has 0 radical (unpaired) electrons. The van der Waals surface area contributed by atoms with Crippen LogP contribution in [0.3, 0.4) is 0 Å². The van der Waals surface area contributed by atoms with Crippen molar-refractivity contribution in [3.8, 4) is 0 Å². The highest BCUT2D eigenvalue weighted by atomic mass is 28.4. The van der Waals surface area contributed by atoms with Crippen LogP contribution in [-0.4, -0.2) is 37.4 Å². The van der Waals surface area contributed by atoms with Crippen LogP contribution < -0.4 is 10.4 Å². The van der Waals surface area contributed by atoms with Gasteiger partial charge in [0.2, 0.25) is 5.91 Å². The molecule has 1 saturated carbocycles. The number of benzene rings is 4. The highest BCUT2D eigenvalue weighted by Gasteiger charge is 2.53. The van der Waals surface area contributed by atoms with Crippen molar-refractivity contribution in [3.63, 3.8) is 0 Å². The summed E-state index contributed by atoms with van der Waals surface area (Å²) in [6, 6.07) is 42.0. The van der Waals surface area contributed by atoms with E-state index in [1.54, 1.807) is 6.92 Å². The van der Waals surface area contributed by atoms with Crippen molar-refractivity contribution in [3.05, 3.63) is 132 Å². The average molecular weight is 578 g/mol. The molecule has 0 saturated heterocycles. The van der Waals surface area contributed by atoms with Crippen molar-refractivity contribution >= 4 is 24.6 Å². The summed E-state index contributed by atoms with van der Waals surface area (Å²) in [6.45, 7) is 9.67. The highest BCUT2D eigenvalue weighted by molar-refractivity contribution is 6.99. The van der Waals surface area contributed by atoms with Gasteiger partial charge in [0.1, 0.15) is 0 Å². The molecule has 3 unspecified atom stereocenters. The second-order valence-corrected chi connectivity index (χ2v) is 16.7. The summed E-state index contributed by atoms with van der Waals surface area (Å²) < 4.78 is 14.2. The van der Waals surface area contributed by atoms with E-state index < -0.39 is 8.32 Å². The van der Waals surface area contributed by atoms with Gasteiger partial charge in [-0.3, -0.25) is 4.79 Å². The van der Waals surface area contributed by atoms with Crippen LogP contribution in [0.15, 0.2) is 121 Å². The third kappa shape index (κ3) is 6.59. The minimum absolute atomic E-state index is 0.0558. The fourth-order valence-electron chi connectivity index (χ4n) is 6.50. The lowest BCUT2D eigenvalue weighted by molar-refractivity contribution is -0.135. The Bertz CT molecular complexity index is 1370. The molecule has 1 aliphatic rings. The van der Waals surface area contributed by atoms with E-state index in [9.17, 15) is 4.79 Å². The first-order valence-corrected chi connectivity index (χ1v) is 16.9. The Kier molecular flexibility index (Phi) is 9.42. The molecule has 4 nitrogen and oxygen atoms in total. The van der Waals surface area contributed by atoms with Crippen LogP contribution in [0.5, 0.6) is 0 Å². The molecule has 1 fully saturated rings. The SMILES string of the molecule is CC(=O)N(Cc1ccccc1)C1CC(O[Si](c2ccccc2)(c2ccccc2)C(C)(C)C)CC1OCc1ccccc1. The van der Waals surface area contributed by atoms with E-state index in [0.29, 0.717) is 13.2 Å². The molecule has 5 heteroatoms. The molecule has 5 rings (SSSR count). The summed E-state index contributed by atoms with van der Waals surface area (Å²) >= 11 is 0. The standard InChI is InChI=1S/C37H43NO3Si/c1-29(39)38(27-30-17-9-5-10-18-30)35-25-32(26-36(35)40-28-31-19-11-6-12-20-31)41-42(37(2,3)4,33-21-13-7-14-22-33)34-23-15-8-16-24-34/h5-24,32,35-36H,25-28H2,1-4H3. The van der Waals surface area contributed by atoms with Crippen molar-refractivity contribution in [2.45, 2.75) is 77.0 Å². The maximum atomic E-state index is 13.2. The quantitative estimate of drug-likeness (QED) is 0.196. The smallest absolute Gasteiger partial charge is 0.261 e. The molecule has 0 N–H and O–H groups in total. The zero-order valence-electron chi connectivity index (χ0n) is 25.3. The van der Waals surface area contributed by atoms with Crippen LogP contribution in [0.25, 0.3) is 0 Å². The Morgan fingerprint density at radius 3 is 1.69 bits per heavy atom. The summed E-state index contributed by atoms with van der Waals surface area (Å²) in [5, 5.41) is 2.40. The van der Waals surface area contributed by atoms with Gasteiger partial charge < -0.3 is 14.1 Å². The Morgan fingerprint density at radius 2 is 1.21 bits per heavy atom. The third-order valence-corrected chi connectivity index (χ3v) is 13.6. The Hall–Kier alpha value is -3.51. The summed E-state index contributed by atoms with van der Waals surface area (Å²) in [5.74, 6) is 0.0586. The largest absolute Gasteiger partial charge is 0.404 e. The molecule has 218 valence electrons. The summed E-state index contributed by atoms with van der Waals surface area (Å²) in [5.41, 5.74) is 2.25. The van der Waals surface area contributed by atoms with E-state index in [1.165, 1.54) is 10.4 Å². The number of rotatable bonds is 10. The number of hydrogen-bond acceptors (Lipinski definition) is 3. The first-order valence-electron chi connectivity index (χ1n) is 15.0. The number of ether oxygens (including phenoxy) is 1. The lowest BCUT2D eigenvalue weighted by Crippen LogP contribution is -2.67. The Morgan fingerprint density at radius 1 is 0.738 bits per heavy atom. The van der Waals surface area contributed by atoms with E-state index >= 15 is 0 Å². The zero-order chi connectivity index (χ0) is 29.6. The van der Waals surface area contributed by atoms with E-state index in [1.807, 2.05) is 41.3 Å². The zero-order valence-corrected chi connectivity index (χ0v) is 26.3. The molecule has 1 aliphatic carbocycles. The highest BCUT2D eigenvalue weighted by Crippen LogP contribution is 2.41. The lowest BCUT2D eigenvalue weighted by Gasteiger charge is -2.44. The van der Waals surface area contributed by atoms with Gasteiger partial charge in [0.05, 0.1) is 24.9 Å². The molecule has 42 heavy (non-hydrogen) atoms. The second kappa shape index (κ2) is 13.2. The maximum absolute atomic E-state index is 13.2. The van der Waals surface area contributed by atoms with Gasteiger partial charge in [-0.2, -0.15) is 0 Å². The van der Waals surface area contributed by atoms with Gasteiger partial charge in [0.15, 0.2) is 0 Å². The minimum atomic E-state index is -2.76. The van der Waals surface area contributed by atoms with Crippen molar-refractivity contribution in [2.75, 3.05) is 0 Å². The van der Waals surface area contributed by atoms with Crippen molar-refractivity contribution in [1.29, 1.82) is 0 Å². The molecule has 0 bridgehead atoms. The van der Waals surface area contributed by atoms with Gasteiger partial charge >= 0.3 is 0 Å². The number of hydrogen-bond donors (Lipinski definition) is 0. The normalized spacial score (nSPS) is 19.0. The maximum Gasteiger partial charge on any atom is 0.261 e. The van der Waals surface area contributed by atoms with Crippen LogP contribution in [0, 0.1) is 0 Å². The molecule has 4 aromatic rings. The van der Waals surface area contributed by atoms with E-state index in [4.69, 9.17) is 9.16 Å². The first-order chi connectivity index (χ1) is 20.3. The van der Waals surface area contributed by atoms with Crippen molar-refractivity contribution < 1.29 is 14.0 Å². The molecular weight excluding hydrogens is 534 g/mol. The summed E-state index contributed by atoms with van der Waals surface area (Å²) in [6.07, 6.45) is 1.28. The van der Waals surface area contributed by atoms with Gasteiger partial charge in [-0.25, -0.2) is 0 Å². The lowest BCUT2D eigenvalue weighted by atomic mass is 10.1. The second-order valence-electron chi connectivity index (χ2n) is 12.4. The predicted molar refractivity (Wildman–Crippen MR) is 173 cm³/mol. The molecule has 0 spiro atoms. The monoisotopic (exact) mass is 577 g/mol. The van der Waals surface area contributed by atoms with Gasteiger partial charge in [0.25, 0.3) is 8.32 Å². The molecule has 0 heterocycles. The topological polar surface area (TPSA) is 38.8 Å². The molecule has 1 amide bonds. The van der Waals surface area contributed by atoms with Crippen LogP contribution in [0.2, 0.25) is 5.04 Å². The molecule has 0 aliphatic heterocycles. The fraction of sp³-hybridized carbons (Fsp3) is 0.324. The molecular formula is C37H43NO3Si. The van der Waals surface area contributed by atoms with Gasteiger partial charge in [-0.05, 0) is 33.0 Å². The predicted octanol–water partition coefficient (Wildman–Crippen LogP) is 6.73. The number of amides is 1. The van der Waals surface area contributed by atoms with Crippen molar-refractivity contribution in [2.24, 2.45) is 0 Å². The van der Waals surface area contributed by atoms with Crippen LogP contribution in [0.4, 0.5) is 0 Å². The van der Waals surface area contributed by atoms with Gasteiger partial charge in [-0.1, -0.05) is 142 Å². The van der Waals surface area contributed by atoms with E-state index in [0.717, 1.165) is 24.0 Å². The first kappa shape index (κ1) is 30.0. The average Bonchev–Trinajstić information content (AvgIpc) is 3.40. The van der Waals surface area contributed by atoms with Crippen molar-refractivity contribution in [1.82, 2.24) is 4.90 Å². The fourth-order valence-corrected chi connectivity index (χ4v) is 11.2. The van der Waals surface area contributed by atoms with Crippen LogP contribution in [0.1, 0.15) is 51.7 Å². The van der Waals surface area contributed by atoms with E-state index in [2.05, 4.69) is 106 Å². The van der Waals surface area contributed by atoms with Crippen LogP contribution >= 0.6 is 0 Å². The van der Waals surface area contributed by atoms with Crippen LogP contribution in [-0.2, 0) is 27.1 Å². The number of nitrogens with zero attached hydrogens (tertiary/aromatic N) is 1. The van der Waals surface area contributed by atoms with Gasteiger partial charge in [-0.15, -0.1) is 0 Å². The molecule has 0 aromatic heterocycles. The Balaban J connectivity index is 1.51. The van der Waals surface area contributed by atoms with E-state index in [-0.39, 0.29) is 29.2 Å². The Labute approximate surface area is 252 Å². The molecule has 3 atom stereocenters. The summed E-state index contributed by atoms with van der Waals surface area (Å²) in [4.78, 5) is 15.2. The minimum Gasteiger partial charge on any atom is -0.404 e.